The molecule has 1 rings (SSSR count). The van der Waals surface area contributed by atoms with Gasteiger partial charge in [-0.3, -0.25) is 4.79 Å². The summed E-state index contributed by atoms with van der Waals surface area (Å²) < 4.78 is 5.05. The van der Waals surface area contributed by atoms with Gasteiger partial charge in [0.2, 0.25) is 5.88 Å². The molecule has 16 heavy (non-hydrogen) atoms. The molecule has 0 aliphatic carbocycles. The Morgan fingerprint density at radius 2 is 2.19 bits per heavy atom. The SMILES string of the molecule is COc1ncc(CC(C)(C)C(=O)O)cc1C. The zero-order chi connectivity index (χ0) is 12.3. The predicted molar refractivity (Wildman–Crippen MR) is 60.6 cm³/mol. The van der Waals surface area contributed by atoms with Gasteiger partial charge in [-0.05, 0) is 38.8 Å². The Labute approximate surface area is 95.3 Å². The van der Waals surface area contributed by atoms with Crippen molar-refractivity contribution in [3.63, 3.8) is 0 Å². The maximum atomic E-state index is 11.0. The summed E-state index contributed by atoms with van der Waals surface area (Å²) in [6.07, 6.45) is 2.12. The minimum atomic E-state index is -0.805. The second kappa shape index (κ2) is 4.51. The zero-order valence-corrected chi connectivity index (χ0v) is 10.1. The Bertz CT molecular complexity index is 399. The highest BCUT2D eigenvalue weighted by Crippen LogP contribution is 2.24. The van der Waals surface area contributed by atoms with Gasteiger partial charge in [0.15, 0.2) is 0 Å². The third kappa shape index (κ3) is 2.72. The van der Waals surface area contributed by atoms with Crippen molar-refractivity contribution in [3.8, 4) is 5.88 Å². The molecule has 1 heterocycles. The third-order valence-electron chi connectivity index (χ3n) is 2.51. The average Bonchev–Trinajstić information content (AvgIpc) is 2.17. The van der Waals surface area contributed by atoms with Crippen molar-refractivity contribution < 1.29 is 14.6 Å². The van der Waals surface area contributed by atoms with Crippen molar-refractivity contribution >= 4 is 5.97 Å². The van der Waals surface area contributed by atoms with E-state index in [1.54, 1.807) is 27.2 Å². The molecule has 0 aliphatic heterocycles. The number of rotatable bonds is 4. The molecule has 1 aromatic heterocycles. The summed E-state index contributed by atoms with van der Waals surface area (Å²) in [6, 6.07) is 1.91. The molecule has 4 nitrogen and oxygen atoms in total. The van der Waals surface area contributed by atoms with Crippen molar-refractivity contribution in [1.82, 2.24) is 4.98 Å². The highest BCUT2D eigenvalue weighted by molar-refractivity contribution is 5.74. The first-order chi connectivity index (χ1) is 7.36. The Hall–Kier alpha value is -1.58. The van der Waals surface area contributed by atoms with Gasteiger partial charge < -0.3 is 9.84 Å². The maximum Gasteiger partial charge on any atom is 0.309 e. The Morgan fingerprint density at radius 1 is 1.56 bits per heavy atom. The quantitative estimate of drug-likeness (QED) is 0.848. The third-order valence-corrected chi connectivity index (χ3v) is 2.51. The normalized spacial score (nSPS) is 11.2. The minimum absolute atomic E-state index is 0.458. The van der Waals surface area contributed by atoms with Crippen LogP contribution in [-0.4, -0.2) is 23.2 Å². The molecule has 1 N–H and O–H groups in total. The molecule has 0 amide bonds. The molecule has 0 spiro atoms. The van der Waals surface area contributed by atoms with Gasteiger partial charge in [0, 0.05) is 11.8 Å². The molecule has 4 heteroatoms. The molecule has 0 atom stereocenters. The summed E-state index contributed by atoms with van der Waals surface area (Å²) in [5, 5.41) is 9.03. The lowest BCUT2D eigenvalue weighted by Crippen LogP contribution is -2.26. The van der Waals surface area contributed by atoms with Gasteiger partial charge in [-0.15, -0.1) is 0 Å². The van der Waals surface area contributed by atoms with Gasteiger partial charge in [0.05, 0.1) is 12.5 Å². The molecule has 0 bridgehead atoms. The number of aromatic nitrogens is 1. The summed E-state index contributed by atoms with van der Waals surface area (Å²) in [4.78, 5) is 15.1. The number of hydrogen-bond acceptors (Lipinski definition) is 3. The van der Waals surface area contributed by atoms with Gasteiger partial charge in [0.1, 0.15) is 0 Å². The fourth-order valence-electron chi connectivity index (χ4n) is 1.52. The van der Waals surface area contributed by atoms with E-state index in [9.17, 15) is 4.79 Å². The van der Waals surface area contributed by atoms with E-state index < -0.39 is 11.4 Å². The van der Waals surface area contributed by atoms with Crippen molar-refractivity contribution in [2.75, 3.05) is 7.11 Å². The van der Waals surface area contributed by atoms with E-state index in [-0.39, 0.29) is 0 Å². The first kappa shape index (κ1) is 12.5. The molecule has 0 aliphatic rings. The van der Waals surface area contributed by atoms with Gasteiger partial charge in [0.25, 0.3) is 0 Å². The maximum absolute atomic E-state index is 11.0. The van der Waals surface area contributed by atoms with Gasteiger partial charge >= 0.3 is 5.97 Å². The standard InChI is InChI=1S/C12H17NO3/c1-8-5-9(7-13-10(8)16-4)6-12(2,3)11(14)15/h5,7H,6H2,1-4H3,(H,14,15). The minimum Gasteiger partial charge on any atom is -0.481 e. The number of nitrogens with zero attached hydrogens (tertiary/aromatic N) is 1. The van der Waals surface area contributed by atoms with Gasteiger partial charge in [-0.1, -0.05) is 0 Å². The molecule has 0 fully saturated rings. The summed E-state index contributed by atoms with van der Waals surface area (Å²) in [5.41, 5.74) is 1.05. The first-order valence-electron chi connectivity index (χ1n) is 5.10. The topological polar surface area (TPSA) is 59.4 Å². The fraction of sp³-hybridized carbons (Fsp3) is 0.500. The van der Waals surface area contributed by atoms with Crippen molar-refractivity contribution in [2.45, 2.75) is 27.2 Å². The Balaban J connectivity index is 2.91. The lowest BCUT2D eigenvalue weighted by Gasteiger charge is -2.19. The van der Waals surface area contributed by atoms with Crippen molar-refractivity contribution in [3.05, 3.63) is 23.4 Å². The van der Waals surface area contributed by atoms with Crippen LogP contribution in [0.4, 0.5) is 0 Å². The lowest BCUT2D eigenvalue weighted by atomic mass is 9.86. The highest BCUT2D eigenvalue weighted by atomic mass is 16.5. The molecule has 0 radical (unpaired) electrons. The molecular weight excluding hydrogens is 206 g/mol. The van der Waals surface area contributed by atoms with E-state index in [1.165, 1.54) is 0 Å². The average molecular weight is 223 g/mol. The number of carboxylic acids is 1. The van der Waals surface area contributed by atoms with E-state index in [2.05, 4.69) is 4.98 Å². The van der Waals surface area contributed by atoms with Crippen LogP contribution >= 0.6 is 0 Å². The number of carbonyl (C=O) groups is 1. The largest absolute Gasteiger partial charge is 0.481 e. The van der Waals surface area contributed by atoms with Crippen molar-refractivity contribution in [2.24, 2.45) is 5.41 Å². The van der Waals surface area contributed by atoms with Crippen LogP contribution in [0.15, 0.2) is 12.3 Å². The second-order valence-electron chi connectivity index (χ2n) is 4.54. The number of pyridine rings is 1. The van der Waals surface area contributed by atoms with E-state index in [4.69, 9.17) is 9.84 Å². The van der Waals surface area contributed by atoms with Crippen LogP contribution in [0, 0.1) is 12.3 Å². The second-order valence-corrected chi connectivity index (χ2v) is 4.54. The number of methoxy groups -OCH3 is 1. The summed E-state index contributed by atoms with van der Waals surface area (Å²) in [7, 11) is 1.57. The summed E-state index contributed by atoms with van der Waals surface area (Å²) >= 11 is 0. The van der Waals surface area contributed by atoms with E-state index in [1.807, 2.05) is 13.0 Å². The number of carboxylic acid groups (broad SMARTS) is 1. The van der Waals surface area contributed by atoms with Crippen LogP contribution in [-0.2, 0) is 11.2 Å². The lowest BCUT2D eigenvalue weighted by molar-refractivity contribution is -0.146. The predicted octanol–water partition coefficient (Wildman–Crippen LogP) is 2.05. The molecule has 1 aromatic rings. The number of aryl methyl sites for hydroxylation is 1. The molecule has 0 aromatic carbocycles. The number of hydrogen-bond donors (Lipinski definition) is 1. The zero-order valence-electron chi connectivity index (χ0n) is 10.1. The number of aliphatic carboxylic acids is 1. The fourth-order valence-corrected chi connectivity index (χ4v) is 1.52. The van der Waals surface area contributed by atoms with Crippen LogP contribution in [0.3, 0.4) is 0 Å². The number of ether oxygens (including phenoxy) is 1. The van der Waals surface area contributed by atoms with Crippen LogP contribution in [0.1, 0.15) is 25.0 Å². The molecule has 0 unspecified atom stereocenters. The molecule has 0 saturated heterocycles. The highest BCUT2D eigenvalue weighted by Gasteiger charge is 2.27. The Kier molecular flexibility index (Phi) is 3.52. The van der Waals surface area contributed by atoms with Gasteiger partial charge in [-0.2, -0.15) is 0 Å². The van der Waals surface area contributed by atoms with Crippen LogP contribution in [0.25, 0.3) is 0 Å². The molecule has 88 valence electrons. The van der Waals surface area contributed by atoms with E-state index in [0.29, 0.717) is 12.3 Å². The summed E-state index contributed by atoms with van der Waals surface area (Å²) in [6.45, 7) is 5.30. The monoisotopic (exact) mass is 223 g/mol. The van der Waals surface area contributed by atoms with Crippen LogP contribution < -0.4 is 4.74 Å². The molecular formula is C12H17NO3. The van der Waals surface area contributed by atoms with E-state index in [0.717, 1.165) is 11.1 Å². The van der Waals surface area contributed by atoms with Gasteiger partial charge in [-0.25, -0.2) is 4.98 Å². The smallest absolute Gasteiger partial charge is 0.309 e. The van der Waals surface area contributed by atoms with Crippen LogP contribution in [0.2, 0.25) is 0 Å². The first-order valence-corrected chi connectivity index (χ1v) is 5.10. The van der Waals surface area contributed by atoms with E-state index >= 15 is 0 Å². The summed E-state index contributed by atoms with van der Waals surface area (Å²) in [5.74, 6) is -0.224. The Morgan fingerprint density at radius 3 is 2.62 bits per heavy atom. The van der Waals surface area contributed by atoms with Crippen LogP contribution in [0.5, 0.6) is 5.88 Å². The molecule has 0 saturated carbocycles. The van der Waals surface area contributed by atoms with Crippen molar-refractivity contribution in [1.29, 1.82) is 0 Å².